The summed E-state index contributed by atoms with van der Waals surface area (Å²) in [6.07, 6.45) is -0.609. The Labute approximate surface area is 99.1 Å². The molecule has 0 aliphatic rings. The van der Waals surface area contributed by atoms with Gasteiger partial charge in [0, 0.05) is 5.56 Å². The SMILES string of the molecule is COc1cc(C)ccc1C(O)c1ccsc1. The minimum atomic E-state index is -0.609. The molecule has 84 valence electrons. The summed E-state index contributed by atoms with van der Waals surface area (Å²) in [5.41, 5.74) is 2.84. The van der Waals surface area contributed by atoms with Gasteiger partial charge in [-0.3, -0.25) is 0 Å². The summed E-state index contributed by atoms with van der Waals surface area (Å²) in [6, 6.07) is 7.75. The first kappa shape index (κ1) is 11.2. The molecule has 0 bridgehead atoms. The number of methoxy groups -OCH3 is 1. The minimum Gasteiger partial charge on any atom is -0.496 e. The van der Waals surface area contributed by atoms with Gasteiger partial charge in [0.2, 0.25) is 0 Å². The maximum absolute atomic E-state index is 10.2. The lowest BCUT2D eigenvalue weighted by Crippen LogP contribution is -2.01. The summed E-state index contributed by atoms with van der Waals surface area (Å²) in [4.78, 5) is 0. The Morgan fingerprint density at radius 2 is 2.12 bits per heavy atom. The normalized spacial score (nSPS) is 12.4. The fourth-order valence-electron chi connectivity index (χ4n) is 1.65. The molecule has 0 saturated carbocycles. The summed E-state index contributed by atoms with van der Waals surface area (Å²) >= 11 is 1.58. The van der Waals surface area contributed by atoms with E-state index in [4.69, 9.17) is 4.74 Å². The molecule has 2 aromatic rings. The van der Waals surface area contributed by atoms with Crippen LogP contribution in [0.1, 0.15) is 22.8 Å². The van der Waals surface area contributed by atoms with Crippen LogP contribution in [0.3, 0.4) is 0 Å². The molecule has 16 heavy (non-hydrogen) atoms. The summed E-state index contributed by atoms with van der Waals surface area (Å²) < 4.78 is 5.29. The van der Waals surface area contributed by atoms with E-state index in [1.54, 1.807) is 18.4 Å². The molecule has 0 saturated heterocycles. The van der Waals surface area contributed by atoms with E-state index < -0.39 is 6.10 Å². The van der Waals surface area contributed by atoms with E-state index in [-0.39, 0.29) is 0 Å². The molecule has 1 aromatic carbocycles. The average molecular weight is 234 g/mol. The Hall–Kier alpha value is -1.32. The highest BCUT2D eigenvalue weighted by molar-refractivity contribution is 7.07. The number of rotatable bonds is 3. The molecule has 0 aliphatic heterocycles. The number of aliphatic hydroxyl groups is 1. The number of aliphatic hydroxyl groups excluding tert-OH is 1. The van der Waals surface area contributed by atoms with Crippen LogP contribution in [0.15, 0.2) is 35.0 Å². The zero-order valence-electron chi connectivity index (χ0n) is 9.31. The first-order valence-corrected chi connectivity index (χ1v) is 6.01. The Balaban J connectivity index is 2.40. The monoisotopic (exact) mass is 234 g/mol. The highest BCUT2D eigenvalue weighted by Crippen LogP contribution is 2.31. The van der Waals surface area contributed by atoms with Gasteiger partial charge >= 0.3 is 0 Å². The number of ether oxygens (including phenoxy) is 1. The van der Waals surface area contributed by atoms with Crippen LogP contribution in [0.25, 0.3) is 0 Å². The largest absolute Gasteiger partial charge is 0.496 e. The molecule has 0 aliphatic carbocycles. The Morgan fingerprint density at radius 3 is 2.75 bits per heavy atom. The van der Waals surface area contributed by atoms with Gasteiger partial charge in [-0.2, -0.15) is 11.3 Å². The molecule has 1 N–H and O–H groups in total. The Kier molecular flexibility index (Phi) is 3.27. The smallest absolute Gasteiger partial charge is 0.125 e. The van der Waals surface area contributed by atoms with E-state index in [1.165, 1.54) is 0 Å². The molecule has 0 amide bonds. The molecule has 2 nitrogen and oxygen atoms in total. The molecule has 0 spiro atoms. The van der Waals surface area contributed by atoms with Crippen LogP contribution in [0.5, 0.6) is 5.75 Å². The van der Waals surface area contributed by atoms with Gasteiger partial charge < -0.3 is 9.84 Å². The quantitative estimate of drug-likeness (QED) is 0.884. The second-order valence-electron chi connectivity index (χ2n) is 3.70. The van der Waals surface area contributed by atoms with Gasteiger partial charge in [0.1, 0.15) is 11.9 Å². The van der Waals surface area contributed by atoms with Crippen molar-refractivity contribution < 1.29 is 9.84 Å². The van der Waals surface area contributed by atoms with E-state index in [9.17, 15) is 5.11 Å². The molecular formula is C13H14O2S. The lowest BCUT2D eigenvalue weighted by Gasteiger charge is -2.14. The highest BCUT2D eigenvalue weighted by Gasteiger charge is 2.15. The number of hydrogen-bond donors (Lipinski definition) is 1. The fourth-order valence-corrected chi connectivity index (χ4v) is 2.33. The second-order valence-corrected chi connectivity index (χ2v) is 4.48. The molecular weight excluding hydrogens is 220 g/mol. The van der Waals surface area contributed by atoms with Gasteiger partial charge in [-0.25, -0.2) is 0 Å². The number of thiophene rings is 1. The average Bonchev–Trinajstić information content (AvgIpc) is 2.81. The van der Waals surface area contributed by atoms with Gasteiger partial charge in [-0.05, 0) is 40.9 Å². The van der Waals surface area contributed by atoms with Gasteiger partial charge in [-0.15, -0.1) is 0 Å². The van der Waals surface area contributed by atoms with Crippen molar-refractivity contribution in [2.24, 2.45) is 0 Å². The van der Waals surface area contributed by atoms with Crippen molar-refractivity contribution in [3.05, 3.63) is 51.7 Å². The molecule has 1 atom stereocenters. The highest BCUT2D eigenvalue weighted by atomic mass is 32.1. The van der Waals surface area contributed by atoms with Crippen molar-refractivity contribution in [1.29, 1.82) is 0 Å². The van der Waals surface area contributed by atoms with Crippen molar-refractivity contribution in [2.75, 3.05) is 7.11 Å². The molecule has 1 unspecified atom stereocenters. The molecule has 0 radical (unpaired) electrons. The molecule has 3 heteroatoms. The molecule has 1 heterocycles. The lowest BCUT2D eigenvalue weighted by molar-refractivity contribution is 0.215. The number of hydrogen-bond acceptors (Lipinski definition) is 3. The third-order valence-electron chi connectivity index (χ3n) is 2.54. The van der Waals surface area contributed by atoms with Gasteiger partial charge in [0.25, 0.3) is 0 Å². The Morgan fingerprint density at radius 1 is 1.31 bits per heavy atom. The van der Waals surface area contributed by atoms with Crippen LogP contribution >= 0.6 is 11.3 Å². The van der Waals surface area contributed by atoms with Gasteiger partial charge in [0.15, 0.2) is 0 Å². The summed E-state index contributed by atoms with van der Waals surface area (Å²) in [6.45, 7) is 2.00. The predicted octanol–water partition coefficient (Wildman–Crippen LogP) is 3.15. The van der Waals surface area contributed by atoms with E-state index >= 15 is 0 Å². The third-order valence-corrected chi connectivity index (χ3v) is 3.24. The van der Waals surface area contributed by atoms with E-state index in [2.05, 4.69) is 0 Å². The van der Waals surface area contributed by atoms with Gasteiger partial charge in [-0.1, -0.05) is 12.1 Å². The van der Waals surface area contributed by atoms with Crippen molar-refractivity contribution in [3.8, 4) is 5.75 Å². The van der Waals surface area contributed by atoms with Crippen molar-refractivity contribution in [2.45, 2.75) is 13.0 Å². The van der Waals surface area contributed by atoms with Crippen molar-refractivity contribution in [1.82, 2.24) is 0 Å². The standard InChI is InChI=1S/C13H14O2S/c1-9-3-4-11(12(7-9)15-2)13(14)10-5-6-16-8-10/h3-8,13-14H,1-2H3. The van der Waals surface area contributed by atoms with Crippen LogP contribution in [0.4, 0.5) is 0 Å². The fraction of sp³-hybridized carbons (Fsp3) is 0.231. The zero-order chi connectivity index (χ0) is 11.5. The van der Waals surface area contributed by atoms with Crippen LogP contribution < -0.4 is 4.74 Å². The van der Waals surface area contributed by atoms with Crippen LogP contribution in [-0.2, 0) is 0 Å². The molecule has 0 fully saturated rings. The summed E-state index contributed by atoms with van der Waals surface area (Å²) in [7, 11) is 1.62. The predicted molar refractivity (Wildman–Crippen MR) is 66.1 cm³/mol. The Bertz CT molecular complexity index is 463. The first-order chi connectivity index (χ1) is 7.72. The maximum Gasteiger partial charge on any atom is 0.125 e. The maximum atomic E-state index is 10.2. The number of benzene rings is 1. The second kappa shape index (κ2) is 4.68. The van der Waals surface area contributed by atoms with E-state index in [0.717, 1.165) is 22.4 Å². The minimum absolute atomic E-state index is 0.609. The molecule has 2 rings (SSSR count). The van der Waals surface area contributed by atoms with Crippen LogP contribution in [0.2, 0.25) is 0 Å². The van der Waals surface area contributed by atoms with Crippen molar-refractivity contribution >= 4 is 11.3 Å². The zero-order valence-corrected chi connectivity index (χ0v) is 10.1. The van der Waals surface area contributed by atoms with Crippen LogP contribution in [-0.4, -0.2) is 12.2 Å². The van der Waals surface area contributed by atoms with Crippen LogP contribution in [0, 0.1) is 6.92 Å². The summed E-state index contributed by atoms with van der Waals surface area (Å²) in [5, 5.41) is 14.1. The topological polar surface area (TPSA) is 29.5 Å². The van der Waals surface area contributed by atoms with Crippen molar-refractivity contribution in [3.63, 3.8) is 0 Å². The first-order valence-electron chi connectivity index (χ1n) is 5.07. The van der Waals surface area contributed by atoms with E-state index in [0.29, 0.717) is 0 Å². The lowest BCUT2D eigenvalue weighted by atomic mass is 10.0. The summed E-state index contributed by atoms with van der Waals surface area (Å²) in [5.74, 6) is 0.735. The van der Waals surface area contributed by atoms with E-state index in [1.807, 2.05) is 41.9 Å². The molecule has 1 aromatic heterocycles. The third kappa shape index (κ3) is 2.10. The number of aryl methyl sites for hydroxylation is 1. The van der Waals surface area contributed by atoms with Gasteiger partial charge in [0.05, 0.1) is 7.11 Å².